The maximum absolute atomic E-state index is 4.17. The van der Waals surface area contributed by atoms with Crippen molar-refractivity contribution in [3.63, 3.8) is 0 Å². The first-order valence-electron chi connectivity index (χ1n) is 5.25. The molecule has 0 heterocycles. The summed E-state index contributed by atoms with van der Waals surface area (Å²) in [5.74, 6) is 0. The second kappa shape index (κ2) is 3.83. The molecule has 0 aliphatic heterocycles. The maximum atomic E-state index is 4.17. The van der Waals surface area contributed by atoms with Crippen molar-refractivity contribution in [2.24, 2.45) is 0 Å². The molecule has 1 aliphatic carbocycles. The van der Waals surface area contributed by atoms with Gasteiger partial charge in [0.15, 0.2) is 0 Å². The molecule has 0 bridgehead atoms. The van der Waals surface area contributed by atoms with Crippen LogP contribution in [0.25, 0.3) is 12.7 Å². The number of rotatable bonds is 1. The van der Waals surface area contributed by atoms with Crippen LogP contribution in [0.1, 0.15) is 24.0 Å². The molecule has 14 heavy (non-hydrogen) atoms. The predicted molar refractivity (Wildman–Crippen MR) is 62.5 cm³/mol. The summed E-state index contributed by atoms with van der Waals surface area (Å²) in [4.78, 5) is 0. The molecule has 0 atom stereocenters. The minimum absolute atomic E-state index is 1.20. The molecule has 0 radical (unpaired) electrons. The average molecular weight is 184 g/mol. The Morgan fingerprint density at radius 2 is 1.93 bits per heavy atom. The van der Waals surface area contributed by atoms with Gasteiger partial charge in [-0.3, -0.25) is 0 Å². The van der Waals surface area contributed by atoms with Crippen LogP contribution in [-0.4, -0.2) is 0 Å². The Labute approximate surface area is 85.3 Å². The summed E-state index contributed by atoms with van der Waals surface area (Å²) in [6.07, 6.45) is 8.94. The topological polar surface area (TPSA) is 0 Å². The number of benzene rings is 1. The Kier molecular flexibility index (Phi) is 2.53. The molecule has 0 unspecified atom stereocenters. The van der Waals surface area contributed by atoms with Gasteiger partial charge in [0, 0.05) is 0 Å². The third-order valence-corrected chi connectivity index (χ3v) is 2.98. The monoisotopic (exact) mass is 184 g/mol. The zero-order chi connectivity index (χ0) is 9.97. The van der Waals surface area contributed by atoms with Gasteiger partial charge in [-0.1, -0.05) is 37.4 Å². The second-order valence-corrected chi connectivity index (χ2v) is 3.88. The molecular formula is C14H16. The standard InChI is InChI=1S/C14H16/c1-3-6-12-9-10-13-7-4-5-8-14(13)11(12)2/h3,6,9-10H,1-2,4-5,7-8H2/b12-6-. The normalized spacial score (nSPS) is 16.4. The Balaban J connectivity index is 2.66. The SMILES string of the molecule is C=C/C=c1/ccc2c(c1=C)CCCC2. The summed E-state index contributed by atoms with van der Waals surface area (Å²) in [7, 11) is 0. The Morgan fingerprint density at radius 3 is 2.71 bits per heavy atom. The second-order valence-electron chi connectivity index (χ2n) is 3.88. The van der Waals surface area contributed by atoms with Gasteiger partial charge in [0.05, 0.1) is 0 Å². The van der Waals surface area contributed by atoms with Crippen LogP contribution in [0.4, 0.5) is 0 Å². The van der Waals surface area contributed by atoms with Crippen LogP contribution in [0.2, 0.25) is 0 Å². The van der Waals surface area contributed by atoms with Crippen LogP contribution >= 0.6 is 0 Å². The first-order valence-corrected chi connectivity index (χ1v) is 5.25. The molecule has 0 aromatic heterocycles. The first-order chi connectivity index (χ1) is 6.83. The van der Waals surface area contributed by atoms with Crippen LogP contribution in [0, 0.1) is 0 Å². The van der Waals surface area contributed by atoms with E-state index >= 15 is 0 Å². The molecule has 72 valence electrons. The van der Waals surface area contributed by atoms with E-state index in [1.54, 1.807) is 0 Å². The van der Waals surface area contributed by atoms with E-state index in [0.717, 1.165) is 0 Å². The third-order valence-electron chi connectivity index (χ3n) is 2.98. The van der Waals surface area contributed by atoms with Crippen molar-refractivity contribution >= 4 is 12.7 Å². The summed E-state index contributed by atoms with van der Waals surface area (Å²) in [5, 5.41) is 2.43. The minimum atomic E-state index is 1.20. The van der Waals surface area contributed by atoms with Crippen molar-refractivity contribution in [1.29, 1.82) is 0 Å². The lowest BCUT2D eigenvalue weighted by Gasteiger charge is -2.15. The summed E-state index contributed by atoms with van der Waals surface area (Å²) in [6, 6.07) is 4.41. The molecule has 1 aliphatic rings. The highest BCUT2D eigenvalue weighted by Crippen LogP contribution is 2.16. The fourth-order valence-corrected chi connectivity index (χ4v) is 2.21. The molecule has 0 nitrogen and oxygen atoms in total. The van der Waals surface area contributed by atoms with Gasteiger partial charge in [-0.05, 0) is 47.2 Å². The van der Waals surface area contributed by atoms with Crippen LogP contribution in [0.5, 0.6) is 0 Å². The van der Waals surface area contributed by atoms with Crippen LogP contribution < -0.4 is 10.4 Å². The van der Waals surface area contributed by atoms with Gasteiger partial charge in [0.1, 0.15) is 0 Å². The molecule has 0 heteroatoms. The molecule has 0 saturated heterocycles. The summed E-state index contributed by atoms with van der Waals surface area (Å²) in [5.41, 5.74) is 2.98. The maximum Gasteiger partial charge on any atom is -0.0187 e. The number of aryl methyl sites for hydroxylation is 1. The fraction of sp³-hybridized carbons (Fsp3) is 0.286. The van der Waals surface area contributed by atoms with Gasteiger partial charge in [-0.2, -0.15) is 0 Å². The van der Waals surface area contributed by atoms with Gasteiger partial charge in [-0.15, -0.1) is 0 Å². The lowest BCUT2D eigenvalue weighted by Crippen LogP contribution is -2.29. The van der Waals surface area contributed by atoms with Crippen LogP contribution in [-0.2, 0) is 12.8 Å². The summed E-state index contributed by atoms with van der Waals surface area (Å²) < 4.78 is 0. The van der Waals surface area contributed by atoms with Gasteiger partial charge in [0.2, 0.25) is 0 Å². The van der Waals surface area contributed by atoms with E-state index in [1.165, 1.54) is 47.2 Å². The number of hydrogen-bond donors (Lipinski definition) is 0. The van der Waals surface area contributed by atoms with E-state index in [-0.39, 0.29) is 0 Å². The fourth-order valence-electron chi connectivity index (χ4n) is 2.21. The van der Waals surface area contributed by atoms with Crippen LogP contribution in [0.3, 0.4) is 0 Å². The summed E-state index contributed by atoms with van der Waals surface area (Å²) >= 11 is 0. The molecule has 0 N–H and O–H groups in total. The smallest absolute Gasteiger partial charge is 0.0187 e. The van der Waals surface area contributed by atoms with E-state index in [2.05, 4.69) is 25.3 Å². The average Bonchev–Trinajstić information content (AvgIpc) is 2.23. The predicted octanol–water partition coefficient (Wildman–Crippen LogP) is 1.94. The Bertz CT molecular complexity index is 452. The quantitative estimate of drug-likeness (QED) is 0.625. The highest BCUT2D eigenvalue weighted by Gasteiger charge is 2.08. The Morgan fingerprint density at radius 1 is 1.14 bits per heavy atom. The van der Waals surface area contributed by atoms with Crippen molar-refractivity contribution in [3.05, 3.63) is 46.4 Å². The number of hydrogen-bond acceptors (Lipinski definition) is 0. The molecule has 0 amide bonds. The van der Waals surface area contributed by atoms with E-state index in [9.17, 15) is 0 Å². The highest BCUT2D eigenvalue weighted by molar-refractivity contribution is 5.41. The zero-order valence-electron chi connectivity index (χ0n) is 8.55. The first kappa shape index (κ1) is 9.26. The van der Waals surface area contributed by atoms with Gasteiger partial charge < -0.3 is 0 Å². The number of allylic oxidation sites excluding steroid dienone is 1. The van der Waals surface area contributed by atoms with Gasteiger partial charge >= 0.3 is 0 Å². The van der Waals surface area contributed by atoms with Gasteiger partial charge in [-0.25, -0.2) is 0 Å². The zero-order valence-corrected chi connectivity index (χ0v) is 8.55. The van der Waals surface area contributed by atoms with E-state index < -0.39 is 0 Å². The molecular weight excluding hydrogens is 168 g/mol. The van der Waals surface area contributed by atoms with Crippen molar-refractivity contribution in [1.82, 2.24) is 0 Å². The molecule has 0 fully saturated rings. The molecule has 0 saturated carbocycles. The summed E-state index contributed by atoms with van der Waals surface area (Å²) in [6.45, 7) is 7.90. The van der Waals surface area contributed by atoms with Crippen molar-refractivity contribution in [2.75, 3.05) is 0 Å². The largest absolute Gasteiger partial charge is 0.0990 e. The number of fused-ring (bicyclic) bond motifs is 1. The van der Waals surface area contributed by atoms with Crippen molar-refractivity contribution < 1.29 is 0 Å². The molecule has 2 rings (SSSR count). The molecule has 1 aromatic rings. The van der Waals surface area contributed by atoms with E-state index in [1.807, 2.05) is 12.2 Å². The van der Waals surface area contributed by atoms with Crippen LogP contribution in [0.15, 0.2) is 24.8 Å². The third kappa shape index (κ3) is 1.52. The highest BCUT2D eigenvalue weighted by atomic mass is 14.1. The molecule has 1 aromatic carbocycles. The lowest BCUT2D eigenvalue weighted by atomic mass is 9.90. The van der Waals surface area contributed by atoms with Crippen molar-refractivity contribution in [3.8, 4) is 0 Å². The van der Waals surface area contributed by atoms with Gasteiger partial charge in [0.25, 0.3) is 0 Å². The lowest BCUT2D eigenvalue weighted by molar-refractivity contribution is 0.682. The van der Waals surface area contributed by atoms with E-state index in [0.29, 0.717) is 0 Å². The van der Waals surface area contributed by atoms with E-state index in [4.69, 9.17) is 0 Å². The Hall–Kier alpha value is -1.30. The van der Waals surface area contributed by atoms with Crippen molar-refractivity contribution in [2.45, 2.75) is 25.7 Å². The molecule has 0 spiro atoms. The minimum Gasteiger partial charge on any atom is -0.0990 e.